The summed E-state index contributed by atoms with van der Waals surface area (Å²) >= 11 is 0. The summed E-state index contributed by atoms with van der Waals surface area (Å²) in [5, 5.41) is 3.74. The van der Waals surface area contributed by atoms with Gasteiger partial charge in [0.25, 0.3) is 0 Å². The molecule has 0 amide bonds. The molecule has 2 atom stereocenters. The minimum Gasteiger partial charge on any atom is -0.314 e. The third-order valence-corrected chi connectivity index (χ3v) is 3.67. The van der Waals surface area contributed by atoms with E-state index in [0.717, 1.165) is 17.9 Å². The van der Waals surface area contributed by atoms with Gasteiger partial charge in [0.2, 0.25) is 0 Å². The molecule has 1 fully saturated rings. The predicted molar refractivity (Wildman–Crippen MR) is 68.1 cm³/mol. The molecule has 0 radical (unpaired) electrons. The lowest BCUT2D eigenvalue weighted by molar-refractivity contribution is 0.326. The highest BCUT2D eigenvalue weighted by molar-refractivity contribution is 4.79. The summed E-state index contributed by atoms with van der Waals surface area (Å²) in [6, 6.07) is 0.783. The first-order valence-electron chi connectivity index (χ1n) is 7.01. The van der Waals surface area contributed by atoms with Crippen LogP contribution in [0.25, 0.3) is 0 Å². The predicted octanol–water partition coefficient (Wildman–Crippen LogP) is 3.98. The van der Waals surface area contributed by atoms with E-state index in [1.54, 1.807) is 0 Å². The minimum absolute atomic E-state index is 0.783. The monoisotopic (exact) mass is 211 g/mol. The van der Waals surface area contributed by atoms with E-state index < -0.39 is 0 Å². The standard InChI is InChI=1S/C14H29N/c1-4-6-12(3)14(15-11-5-2)10-9-13-7-8-13/h12-15H,4-11H2,1-3H3. The molecule has 1 aliphatic rings. The Labute approximate surface area is 96.0 Å². The van der Waals surface area contributed by atoms with E-state index >= 15 is 0 Å². The van der Waals surface area contributed by atoms with Gasteiger partial charge in [-0.15, -0.1) is 0 Å². The number of hydrogen-bond donors (Lipinski definition) is 1. The normalized spacial score (nSPS) is 20.2. The highest BCUT2D eigenvalue weighted by atomic mass is 14.9. The Morgan fingerprint density at radius 1 is 1.13 bits per heavy atom. The van der Waals surface area contributed by atoms with Crippen molar-refractivity contribution in [1.29, 1.82) is 0 Å². The average molecular weight is 211 g/mol. The number of nitrogens with one attached hydrogen (secondary N) is 1. The average Bonchev–Trinajstić information content (AvgIpc) is 3.02. The van der Waals surface area contributed by atoms with Gasteiger partial charge < -0.3 is 5.32 Å². The van der Waals surface area contributed by atoms with Crippen molar-refractivity contribution in [3.63, 3.8) is 0 Å². The zero-order chi connectivity index (χ0) is 11.1. The largest absolute Gasteiger partial charge is 0.314 e. The molecule has 0 aliphatic heterocycles. The molecule has 1 N–H and O–H groups in total. The van der Waals surface area contributed by atoms with Crippen LogP contribution in [0.4, 0.5) is 0 Å². The maximum atomic E-state index is 3.74. The highest BCUT2D eigenvalue weighted by Crippen LogP contribution is 2.34. The van der Waals surface area contributed by atoms with E-state index in [0.29, 0.717) is 0 Å². The lowest BCUT2D eigenvalue weighted by Crippen LogP contribution is -2.35. The molecule has 1 rings (SSSR count). The van der Waals surface area contributed by atoms with E-state index in [1.807, 2.05) is 0 Å². The van der Waals surface area contributed by atoms with Crippen LogP contribution in [-0.4, -0.2) is 12.6 Å². The summed E-state index contributed by atoms with van der Waals surface area (Å²) in [7, 11) is 0. The van der Waals surface area contributed by atoms with Gasteiger partial charge >= 0.3 is 0 Å². The third kappa shape index (κ3) is 5.55. The second-order valence-electron chi connectivity index (χ2n) is 5.35. The van der Waals surface area contributed by atoms with Crippen LogP contribution in [0.1, 0.15) is 65.7 Å². The summed E-state index contributed by atoms with van der Waals surface area (Å²) in [5.74, 6) is 1.95. The molecule has 0 aromatic carbocycles. The van der Waals surface area contributed by atoms with Crippen molar-refractivity contribution in [2.45, 2.75) is 71.8 Å². The summed E-state index contributed by atoms with van der Waals surface area (Å²) < 4.78 is 0. The van der Waals surface area contributed by atoms with Crippen LogP contribution in [0.2, 0.25) is 0 Å². The van der Waals surface area contributed by atoms with Crippen LogP contribution in [0.5, 0.6) is 0 Å². The van der Waals surface area contributed by atoms with E-state index in [1.165, 1.54) is 51.5 Å². The second-order valence-corrected chi connectivity index (χ2v) is 5.35. The molecular formula is C14H29N. The first kappa shape index (κ1) is 13.0. The smallest absolute Gasteiger partial charge is 0.00927 e. The van der Waals surface area contributed by atoms with Gasteiger partial charge in [-0.2, -0.15) is 0 Å². The molecule has 2 unspecified atom stereocenters. The topological polar surface area (TPSA) is 12.0 Å². The molecule has 0 aromatic rings. The van der Waals surface area contributed by atoms with Gasteiger partial charge in [-0.3, -0.25) is 0 Å². The first-order valence-corrected chi connectivity index (χ1v) is 7.01. The summed E-state index contributed by atoms with van der Waals surface area (Å²) in [4.78, 5) is 0. The van der Waals surface area contributed by atoms with Gasteiger partial charge in [0, 0.05) is 6.04 Å². The van der Waals surface area contributed by atoms with Gasteiger partial charge in [-0.05, 0) is 44.1 Å². The summed E-state index contributed by atoms with van der Waals surface area (Å²) in [6.45, 7) is 8.18. The Morgan fingerprint density at radius 3 is 2.40 bits per heavy atom. The molecule has 1 saturated carbocycles. The molecule has 15 heavy (non-hydrogen) atoms. The van der Waals surface area contributed by atoms with Gasteiger partial charge in [0.05, 0.1) is 0 Å². The molecule has 1 heteroatoms. The molecular weight excluding hydrogens is 182 g/mol. The first-order chi connectivity index (χ1) is 7.27. The van der Waals surface area contributed by atoms with Gasteiger partial charge in [0.1, 0.15) is 0 Å². The maximum absolute atomic E-state index is 3.74. The van der Waals surface area contributed by atoms with E-state index in [4.69, 9.17) is 0 Å². The van der Waals surface area contributed by atoms with Crippen LogP contribution in [0, 0.1) is 11.8 Å². The fourth-order valence-corrected chi connectivity index (χ4v) is 2.40. The van der Waals surface area contributed by atoms with Crippen molar-refractivity contribution < 1.29 is 0 Å². The van der Waals surface area contributed by atoms with Crippen LogP contribution in [-0.2, 0) is 0 Å². The maximum Gasteiger partial charge on any atom is 0.00927 e. The number of hydrogen-bond acceptors (Lipinski definition) is 1. The Balaban J connectivity index is 2.21. The van der Waals surface area contributed by atoms with E-state index in [2.05, 4.69) is 26.1 Å². The van der Waals surface area contributed by atoms with Crippen molar-refractivity contribution in [2.75, 3.05) is 6.54 Å². The van der Waals surface area contributed by atoms with Crippen molar-refractivity contribution in [2.24, 2.45) is 11.8 Å². The van der Waals surface area contributed by atoms with Crippen molar-refractivity contribution in [3.05, 3.63) is 0 Å². The van der Waals surface area contributed by atoms with Gasteiger partial charge in [-0.1, -0.05) is 40.0 Å². The molecule has 0 spiro atoms. The second kappa shape index (κ2) is 7.27. The van der Waals surface area contributed by atoms with Crippen molar-refractivity contribution in [3.8, 4) is 0 Å². The Bertz CT molecular complexity index is 151. The summed E-state index contributed by atoms with van der Waals surface area (Å²) in [5.41, 5.74) is 0. The van der Waals surface area contributed by atoms with Gasteiger partial charge in [-0.25, -0.2) is 0 Å². The van der Waals surface area contributed by atoms with Crippen LogP contribution < -0.4 is 5.32 Å². The lowest BCUT2D eigenvalue weighted by atomic mass is 9.92. The summed E-state index contributed by atoms with van der Waals surface area (Å²) in [6.07, 6.45) is 9.85. The molecule has 0 heterocycles. The quantitative estimate of drug-likeness (QED) is 0.608. The van der Waals surface area contributed by atoms with Crippen LogP contribution >= 0.6 is 0 Å². The van der Waals surface area contributed by atoms with Crippen molar-refractivity contribution >= 4 is 0 Å². The zero-order valence-electron chi connectivity index (χ0n) is 10.9. The third-order valence-electron chi connectivity index (χ3n) is 3.67. The molecule has 1 aliphatic carbocycles. The zero-order valence-corrected chi connectivity index (χ0v) is 10.9. The molecule has 1 nitrogen and oxygen atoms in total. The van der Waals surface area contributed by atoms with E-state index in [-0.39, 0.29) is 0 Å². The molecule has 0 aromatic heterocycles. The Kier molecular flexibility index (Phi) is 6.31. The fraction of sp³-hybridized carbons (Fsp3) is 1.00. The van der Waals surface area contributed by atoms with Crippen LogP contribution in [0.15, 0.2) is 0 Å². The lowest BCUT2D eigenvalue weighted by Gasteiger charge is -2.25. The Morgan fingerprint density at radius 2 is 1.87 bits per heavy atom. The van der Waals surface area contributed by atoms with Crippen molar-refractivity contribution in [1.82, 2.24) is 5.32 Å². The van der Waals surface area contributed by atoms with Gasteiger partial charge in [0.15, 0.2) is 0 Å². The Hall–Kier alpha value is -0.0400. The van der Waals surface area contributed by atoms with E-state index in [9.17, 15) is 0 Å². The fourth-order valence-electron chi connectivity index (χ4n) is 2.40. The minimum atomic E-state index is 0.783. The SMILES string of the molecule is CCCNC(CCC1CC1)C(C)CCC. The van der Waals surface area contributed by atoms with Crippen LogP contribution in [0.3, 0.4) is 0 Å². The molecule has 0 bridgehead atoms. The molecule has 0 saturated heterocycles. The highest BCUT2D eigenvalue weighted by Gasteiger charge is 2.24. The molecule has 90 valence electrons. The number of rotatable bonds is 9.